The van der Waals surface area contributed by atoms with Crippen LogP contribution in [-0.4, -0.2) is 50.5 Å². The van der Waals surface area contributed by atoms with Crippen LogP contribution in [-0.2, 0) is 26.2 Å². The fraction of sp³-hybridized carbons (Fsp3) is 0.500. The minimum Gasteiger partial charge on any atom is -0.354 e. The molecule has 0 heterocycles. The van der Waals surface area contributed by atoms with Crippen molar-refractivity contribution in [1.82, 2.24) is 10.2 Å². The molecule has 2 rings (SSSR count). The van der Waals surface area contributed by atoms with E-state index in [0.717, 1.165) is 16.7 Å². The first kappa shape index (κ1) is 31.9. The Balaban J connectivity index is 2.27. The second-order valence-corrected chi connectivity index (χ2v) is 12.7. The molecule has 0 unspecified atom stereocenters. The van der Waals surface area contributed by atoms with E-state index in [4.69, 9.17) is 23.2 Å². The number of aryl methyl sites for hydroxylation is 1. The zero-order valence-electron chi connectivity index (χ0n) is 23.1. The molecule has 0 saturated heterocycles. The zero-order chi connectivity index (χ0) is 28.6. The van der Waals surface area contributed by atoms with E-state index in [0.29, 0.717) is 35.1 Å². The Hall–Kier alpha value is -2.29. The van der Waals surface area contributed by atoms with Crippen LogP contribution in [0, 0.1) is 19.8 Å². The van der Waals surface area contributed by atoms with Gasteiger partial charge in [0.05, 0.1) is 22.0 Å². The molecule has 2 amide bonds. The van der Waals surface area contributed by atoms with E-state index in [1.165, 1.54) is 10.6 Å². The highest BCUT2D eigenvalue weighted by molar-refractivity contribution is 7.92. The number of benzene rings is 2. The molecular weight excluding hydrogens is 545 g/mol. The number of hydrogen-bond donors (Lipinski definition) is 1. The summed E-state index contributed by atoms with van der Waals surface area (Å²) in [6, 6.07) is 9.97. The van der Waals surface area contributed by atoms with Gasteiger partial charge in [0.15, 0.2) is 0 Å². The van der Waals surface area contributed by atoms with Crippen molar-refractivity contribution in [2.24, 2.45) is 5.92 Å². The second kappa shape index (κ2) is 14.2. The number of halogens is 2. The summed E-state index contributed by atoms with van der Waals surface area (Å²) < 4.78 is 26.6. The van der Waals surface area contributed by atoms with Crippen LogP contribution in [0.5, 0.6) is 0 Å². The number of carbonyl (C=O) groups is 2. The Kier molecular flexibility index (Phi) is 11.9. The Morgan fingerprint density at radius 3 is 2.32 bits per heavy atom. The average Bonchev–Trinajstić information content (AvgIpc) is 2.83. The van der Waals surface area contributed by atoms with Crippen molar-refractivity contribution in [1.29, 1.82) is 0 Å². The van der Waals surface area contributed by atoms with Gasteiger partial charge in [-0.05, 0) is 67.5 Å². The van der Waals surface area contributed by atoms with Crippen LogP contribution in [0.15, 0.2) is 36.4 Å². The molecule has 0 aromatic heterocycles. The molecule has 2 aromatic carbocycles. The first-order valence-corrected chi connectivity index (χ1v) is 15.4. The van der Waals surface area contributed by atoms with Gasteiger partial charge in [-0.1, -0.05) is 62.2 Å². The number of anilines is 1. The quantitative estimate of drug-likeness (QED) is 0.326. The molecular formula is C28H39Cl2N3O4S. The maximum Gasteiger partial charge on any atom is 0.242 e. The molecule has 0 fully saturated rings. The molecule has 1 N–H and O–H groups in total. The molecule has 210 valence electrons. The van der Waals surface area contributed by atoms with Crippen LogP contribution >= 0.6 is 23.2 Å². The van der Waals surface area contributed by atoms with Crippen LogP contribution in [0.4, 0.5) is 5.69 Å². The van der Waals surface area contributed by atoms with Crippen LogP contribution in [0.25, 0.3) is 0 Å². The van der Waals surface area contributed by atoms with E-state index in [-0.39, 0.29) is 37.2 Å². The summed E-state index contributed by atoms with van der Waals surface area (Å²) in [5.41, 5.74) is 3.21. The highest BCUT2D eigenvalue weighted by atomic mass is 35.5. The second-order valence-electron chi connectivity index (χ2n) is 9.99. The molecule has 1 atom stereocenters. The predicted molar refractivity (Wildman–Crippen MR) is 156 cm³/mol. The summed E-state index contributed by atoms with van der Waals surface area (Å²) in [5.74, 6) is -0.192. The van der Waals surface area contributed by atoms with Crippen LogP contribution in [0.3, 0.4) is 0 Å². The highest BCUT2D eigenvalue weighted by Gasteiger charge is 2.29. The SMILES string of the molecule is CC[C@H](C(=O)NCC(C)C)N(Cc1ccc(Cl)c(Cl)c1)C(=O)CCCN(c1cccc(C)c1C)S(C)(=O)=O. The molecule has 2 aromatic rings. The Morgan fingerprint density at radius 1 is 1.05 bits per heavy atom. The van der Waals surface area contributed by atoms with Crippen molar-refractivity contribution >= 4 is 50.7 Å². The summed E-state index contributed by atoms with van der Waals surface area (Å²) in [4.78, 5) is 28.2. The van der Waals surface area contributed by atoms with Gasteiger partial charge >= 0.3 is 0 Å². The van der Waals surface area contributed by atoms with E-state index in [1.54, 1.807) is 29.2 Å². The van der Waals surface area contributed by atoms with Crippen LogP contribution in [0.1, 0.15) is 56.7 Å². The van der Waals surface area contributed by atoms with Crippen molar-refractivity contribution in [2.45, 2.75) is 66.5 Å². The maximum absolute atomic E-state index is 13.6. The lowest BCUT2D eigenvalue weighted by Gasteiger charge is -2.31. The van der Waals surface area contributed by atoms with E-state index < -0.39 is 16.1 Å². The van der Waals surface area contributed by atoms with Gasteiger partial charge in [0, 0.05) is 26.1 Å². The van der Waals surface area contributed by atoms with Crippen molar-refractivity contribution in [3.63, 3.8) is 0 Å². The molecule has 0 radical (unpaired) electrons. The first-order chi connectivity index (χ1) is 17.8. The Labute approximate surface area is 237 Å². The van der Waals surface area contributed by atoms with E-state index in [9.17, 15) is 18.0 Å². The Morgan fingerprint density at radius 2 is 1.74 bits per heavy atom. The normalized spacial score (nSPS) is 12.3. The molecule has 38 heavy (non-hydrogen) atoms. The number of nitrogens with one attached hydrogen (secondary N) is 1. The Bertz CT molecular complexity index is 1230. The summed E-state index contributed by atoms with van der Waals surface area (Å²) in [7, 11) is -3.57. The summed E-state index contributed by atoms with van der Waals surface area (Å²) in [6.07, 6.45) is 1.96. The van der Waals surface area contributed by atoms with Crippen molar-refractivity contribution < 1.29 is 18.0 Å². The molecule has 10 heteroatoms. The first-order valence-electron chi connectivity index (χ1n) is 12.8. The predicted octanol–water partition coefficient (Wildman–Crippen LogP) is 5.74. The van der Waals surface area contributed by atoms with Gasteiger partial charge in [-0.25, -0.2) is 8.42 Å². The lowest BCUT2D eigenvalue weighted by atomic mass is 10.1. The van der Waals surface area contributed by atoms with E-state index in [2.05, 4.69) is 5.32 Å². The number of rotatable bonds is 13. The summed E-state index contributed by atoms with van der Waals surface area (Å²) in [5, 5.41) is 3.71. The number of hydrogen-bond acceptors (Lipinski definition) is 4. The summed E-state index contributed by atoms with van der Waals surface area (Å²) in [6.45, 7) is 10.5. The number of carbonyl (C=O) groups excluding carboxylic acids is 2. The van der Waals surface area contributed by atoms with Crippen LogP contribution < -0.4 is 9.62 Å². The zero-order valence-corrected chi connectivity index (χ0v) is 25.4. The largest absolute Gasteiger partial charge is 0.354 e. The van der Waals surface area contributed by atoms with Gasteiger partial charge in [0.1, 0.15) is 6.04 Å². The highest BCUT2D eigenvalue weighted by Crippen LogP contribution is 2.26. The van der Waals surface area contributed by atoms with Gasteiger partial charge in [-0.2, -0.15) is 0 Å². The van der Waals surface area contributed by atoms with E-state index in [1.807, 2.05) is 46.8 Å². The molecule has 0 bridgehead atoms. The number of amides is 2. The van der Waals surface area contributed by atoms with Gasteiger partial charge in [0.25, 0.3) is 0 Å². The van der Waals surface area contributed by atoms with Crippen molar-refractivity contribution in [3.05, 3.63) is 63.1 Å². The van der Waals surface area contributed by atoms with E-state index >= 15 is 0 Å². The smallest absolute Gasteiger partial charge is 0.242 e. The van der Waals surface area contributed by atoms with Crippen molar-refractivity contribution in [3.8, 4) is 0 Å². The fourth-order valence-corrected chi connectivity index (χ4v) is 5.50. The third-order valence-electron chi connectivity index (χ3n) is 6.40. The van der Waals surface area contributed by atoms with Crippen LogP contribution in [0.2, 0.25) is 10.0 Å². The van der Waals surface area contributed by atoms with Crippen molar-refractivity contribution in [2.75, 3.05) is 23.7 Å². The molecule has 0 aliphatic rings. The third-order valence-corrected chi connectivity index (χ3v) is 8.32. The lowest BCUT2D eigenvalue weighted by Crippen LogP contribution is -2.49. The average molecular weight is 585 g/mol. The topological polar surface area (TPSA) is 86.8 Å². The monoisotopic (exact) mass is 583 g/mol. The number of nitrogens with zero attached hydrogens (tertiary/aromatic N) is 2. The molecule has 0 spiro atoms. The molecule has 0 saturated carbocycles. The molecule has 0 aliphatic heterocycles. The molecule has 0 aliphatic carbocycles. The standard InChI is InChI=1S/C28H39Cl2N3O4S/c1-7-25(28(35)31-17-19(2)3)32(18-22-13-14-23(29)24(30)16-22)27(34)12-9-15-33(38(6,36)37)26-11-8-10-20(4)21(26)5/h8,10-11,13-14,16,19,25H,7,9,12,15,17-18H2,1-6H3,(H,31,35)/t25-/m1/s1. The van der Waals surface area contributed by atoms with Gasteiger partial charge in [0.2, 0.25) is 21.8 Å². The summed E-state index contributed by atoms with van der Waals surface area (Å²) >= 11 is 12.3. The number of sulfonamides is 1. The van der Waals surface area contributed by atoms with Gasteiger partial charge < -0.3 is 10.2 Å². The van der Waals surface area contributed by atoms with Gasteiger partial charge in [-0.3, -0.25) is 13.9 Å². The minimum absolute atomic E-state index is 0.0756. The minimum atomic E-state index is -3.57. The lowest BCUT2D eigenvalue weighted by molar-refractivity contribution is -0.141. The van der Waals surface area contributed by atoms with Gasteiger partial charge in [-0.15, -0.1) is 0 Å². The molecule has 7 nitrogen and oxygen atoms in total. The maximum atomic E-state index is 13.6. The third kappa shape index (κ3) is 8.89. The fourth-order valence-electron chi connectivity index (χ4n) is 4.16.